The Kier molecular flexibility index (Phi) is 7.36. The Morgan fingerprint density at radius 2 is 1.69 bits per heavy atom. The molecule has 0 saturated heterocycles. The molecule has 0 fully saturated rings. The second-order valence-electron chi connectivity index (χ2n) is 6.67. The lowest BCUT2D eigenvalue weighted by Gasteiger charge is -2.11. The van der Waals surface area contributed by atoms with Crippen LogP contribution in [0.2, 0.25) is 5.02 Å². The molecule has 0 aliphatic carbocycles. The van der Waals surface area contributed by atoms with E-state index in [9.17, 15) is 9.90 Å². The Labute approximate surface area is 199 Å². The molecule has 4 rings (SSSR count). The molecule has 0 atom stereocenters. The molecule has 0 radical (unpaired) electrons. The van der Waals surface area contributed by atoms with Crippen LogP contribution >= 0.6 is 35.1 Å². The van der Waals surface area contributed by atoms with E-state index in [1.807, 2.05) is 53.1 Å². The van der Waals surface area contributed by atoms with Crippen LogP contribution in [0.15, 0.2) is 88.9 Å². The predicted octanol–water partition coefficient (Wildman–Crippen LogP) is 5.65. The minimum Gasteiger partial charge on any atom is -0.506 e. The number of thioether (sulfide) groups is 2. The fourth-order valence-corrected chi connectivity index (χ4v) is 4.69. The molecule has 1 aromatic heterocycles. The highest BCUT2D eigenvalue weighted by atomic mass is 35.5. The molecule has 0 bridgehead atoms. The van der Waals surface area contributed by atoms with Gasteiger partial charge in [-0.1, -0.05) is 59.8 Å². The molecule has 0 unspecified atom stereocenters. The lowest BCUT2D eigenvalue weighted by Crippen LogP contribution is -2.14. The van der Waals surface area contributed by atoms with E-state index >= 15 is 0 Å². The van der Waals surface area contributed by atoms with Crippen LogP contribution in [0.25, 0.3) is 5.69 Å². The van der Waals surface area contributed by atoms with Crippen LogP contribution < -0.4 is 5.32 Å². The van der Waals surface area contributed by atoms with E-state index in [-0.39, 0.29) is 23.1 Å². The van der Waals surface area contributed by atoms with Crippen LogP contribution in [0.1, 0.15) is 5.82 Å². The van der Waals surface area contributed by atoms with Gasteiger partial charge < -0.3 is 10.4 Å². The number of aromatic hydroxyl groups is 1. The molecule has 32 heavy (non-hydrogen) atoms. The third kappa shape index (κ3) is 5.64. The summed E-state index contributed by atoms with van der Waals surface area (Å²) in [5.41, 5.74) is 1.20. The van der Waals surface area contributed by atoms with Crippen LogP contribution in [0.5, 0.6) is 5.75 Å². The average molecular weight is 483 g/mol. The molecule has 4 aromatic rings. The highest BCUT2D eigenvalue weighted by Gasteiger charge is 2.17. The Bertz CT molecular complexity index is 1200. The predicted molar refractivity (Wildman–Crippen MR) is 130 cm³/mol. The van der Waals surface area contributed by atoms with Gasteiger partial charge in [-0.3, -0.25) is 9.36 Å². The zero-order valence-electron chi connectivity index (χ0n) is 16.8. The highest BCUT2D eigenvalue weighted by molar-refractivity contribution is 7.99. The van der Waals surface area contributed by atoms with Crippen LogP contribution in [0.3, 0.4) is 0 Å². The van der Waals surface area contributed by atoms with Gasteiger partial charge in [0.25, 0.3) is 0 Å². The van der Waals surface area contributed by atoms with Gasteiger partial charge in [0.05, 0.1) is 17.2 Å². The maximum atomic E-state index is 12.5. The number of anilines is 1. The van der Waals surface area contributed by atoms with Crippen molar-refractivity contribution in [3.63, 3.8) is 0 Å². The van der Waals surface area contributed by atoms with Crippen molar-refractivity contribution in [1.82, 2.24) is 14.8 Å². The van der Waals surface area contributed by atoms with E-state index in [1.54, 1.807) is 17.8 Å². The molecule has 0 saturated carbocycles. The fraction of sp³-hybridized carbons (Fsp3) is 0.0870. The van der Waals surface area contributed by atoms with Crippen molar-refractivity contribution in [2.75, 3.05) is 11.1 Å². The van der Waals surface area contributed by atoms with Crippen LogP contribution in [-0.2, 0) is 10.5 Å². The second-order valence-corrected chi connectivity index (χ2v) is 9.10. The number of amides is 1. The third-order valence-electron chi connectivity index (χ3n) is 4.39. The molecule has 1 heterocycles. The van der Waals surface area contributed by atoms with Crippen molar-refractivity contribution in [2.45, 2.75) is 15.8 Å². The summed E-state index contributed by atoms with van der Waals surface area (Å²) in [5, 5.41) is 22.3. The number of nitrogens with one attached hydrogen (secondary N) is 1. The summed E-state index contributed by atoms with van der Waals surface area (Å²) in [7, 11) is 0. The minimum atomic E-state index is -0.282. The number of benzene rings is 3. The summed E-state index contributed by atoms with van der Waals surface area (Å²) >= 11 is 8.90. The number of phenols is 1. The van der Waals surface area contributed by atoms with E-state index in [0.717, 1.165) is 16.4 Å². The van der Waals surface area contributed by atoms with Gasteiger partial charge in [-0.05, 0) is 42.5 Å². The summed E-state index contributed by atoms with van der Waals surface area (Å²) in [6.45, 7) is 0. The number of carbonyl (C=O) groups excluding carboxylic acids is 1. The van der Waals surface area contributed by atoms with Crippen LogP contribution in [0.4, 0.5) is 5.69 Å². The lowest BCUT2D eigenvalue weighted by molar-refractivity contribution is -0.113. The Morgan fingerprint density at radius 3 is 2.44 bits per heavy atom. The molecule has 1 amide bonds. The van der Waals surface area contributed by atoms with Gasteiger partial charge in [-0.25, -0.2) is 0 Å². The van der Waals surface area contributed by atoms with E-state index in [2.05, 4.69) is 27.6 Å². The Balaban J connectivity index is 1.49. The normalized spacial score (nSPS) is 10.8. The minimum absolute atomic E-state index is 0.0413. The number of hydrogen-bond donors (Lipinski definition) is 2. The largest absolute Gasteiger partial charge is 0.506 e. The molecule has 3 aromatic carbocycles. The lowest BCUT2D eigenvalue weighted by atomic mass is 10.3. The van der Waals surface area contributed by atoms with Crippen molar-refractivity contribution < 1.29 is 9.90 Å². The third-order valence-corrected chi connectivity index (χ3v) is 6.56. The molecule has 0 aliphatic rings. The number of phenolic OH excluding ortho intramolecular Hbond substituents is 1. The average Bonchev–Trinajstić information content (AvgIpc) is 3.23. The maximum Gasteiger partial charge on any atom is 0.234 e. The summed E-state index contributed by atoms with van der Waals surface area (Å²) < 4.78 is 1.96. The van der Waals surface area contributed by atoms with E-state index in [0.29, 0.717) is 15.9 Å². The zero-order valence-corrected chi connectivity index (χ0v) is 19.2. The molecule has 2 N–H and O–H groups in total. The zero-order chi connectivity index (χ0) is 22.3. The maximum absolute atomic E-state index is 12.5. The van der Waals surface area contributed by atoms with E-state index < -0.39 is 0 Å². The highest BCUT2D eigenvalue weighted by Crippen LogP contribution is 2.29. The molecule has 162 valence electrons. The molecular weight excluding hydrogens is 464 g/mol. The van der Waals surface area contributed by atoms with Gasteiger partial charge in [-0.15, -0.1) is 22.0 Å². The van der Waals surface area contributed by atoms with Gasteiger partial charge in [0.1, 0.15) is 11.6 Å². The quantitative estimate of drug-likeness (QED) is 0.249. The van der Waals surface area contributed by atoms with Gasteiger partial charge in [0.15, 0.2) is 5.16 Å². The molecule has 9 heteroatoms. The van der Waals surface area contributed by atoms with E-state index in [1.165, 1.54) is 23.9 Å². The van der Waals surface area contributed by atoms with Crippen LogP contribution in [-0.4, -0.2) is 31.5 Å². The van der Waals surface area contributed by atoms with Gasteiger partial charge in [0, 0.05) is 15.6 Å². The van der Waals surface area contributed by atoms with Crippen molar-refractivity contribution in [2.24, 2.45) is 0 Å². The monoisotopic (exact) mass is 482 g/mol. The van der Waals surface area contributed by atoms with Gasteiger partial charge >= 0.3 is 0 Å². The first-order valence-corrected chi connectivity index (χ1v) is 12.0. The number of halogens is 1. The van der Waals surface area contributed by atoms with Gasteiger partial charge in [-0.2, -0.15) is 0 Å². The molecule has 6 nitrogen and oxygen atoms in total. The van der Waals surface area contributed by atoms with Crippen molar-refractivity contribution in [3.8, 4) is 11.4 Å². The summed E-state index contributed by atoms with van der Waals surface area (Å²) in [5.74, 6) is 1.20. The van der Waals surface area contributed by atoms with Crippen molar-refractivity contribution >= 4 is 46.7 Å². The number of hydrogen-bond acceptors (Lipinski definition) is 6. The summed E-state index contributed by atoms with van der Waals surface area (Å²) in [4.78, 5) is 13.6. The number of nitrogens with zero attached hydrogens (tertiary/aromatic N) is 3. The summed E-state index contributed by atoms with van der Waals surface area (Å²) in [6, 6.07) is 24.4. The number of aromatic nitrogens is 3. The van der Waals surface area contributed by atoms with Crippen molar-refractivity contribution in [1.29, 1.82) is 0 Å². The first-order valence-electron chi connectivity index (χ1n) is 9.69. The standard InChI is InChI=1S/C23H19ClN4O2S2/c24-16-11-12-20(29)19(13-16)25-22(30)15-32-23-27-26-21(14-31-18-9-5-2-6-10-18)28(23)17-7-3-1-4-8-17/h1-13,29H,14-15H2,(H,25,30). The van der Waals surface area contributed by atoms with Gasteiger partial charge in [0.2, 0.25) is 5.91 Å². The molecule has 0 spiro atoms. The van der Waals surface area contributed by atoms with E-state index in [4.69, 9.17) is 11.6 Å². The SMILES string of the molecule is O=C(CSc1nnc(CSc2ccccc2)n1-c1ccccc1)Nc1cc(Cl)ccc1O. The first-order chi connectivity index (χ1) is 15.6. The smallest absolute Gasteiger partial charge is 0.234 e. The summed E-state index contributed by atoms with van der Waals surface area (Å²) in [6.07, 6.45) is 0. The fourth-order valence-electron chi connectivity index (χ4n) is 2.91. The van der Waals surface area contributed by atoms with Crippen molar-refractivity contribution in [3.05, 3.63) is 89.7 Å². The number of carbonyl (C=O) groups is 1. The Morgan fingerprint density at radius 1 is 0.969 bits per heavy atom. The Hall–Kier alpha value is -2.94. The molecular formula is C23H19ClN4O2S2. The topological polar surface area (TPSA) is 80.0 Å². The molecule has 0 aliphatic heterocycles. The first kappa shape index (κ1) is 22.3. The van der Waals surface area contributed by atoms with Crippen LogP contribution in [0, 0.1) is 0 Å². The number of para-hydroxylation sites is 1. The second kappa shape index (κ2) is 10.6. The number of rotatable bonds is 8.